The van der Waals surface area contributed by atoms with E-state index in [2.05, 4.69) is 10.1 Å². The van der Waals surface area contributed by atoms with Crippen molar-refractivity contribution in [2.45, 2.75) is 32.1 Å². The number of hydrogen-bond acceptors (Lipinski definition) is 6. The van der Waals surface area contributed by atoms with Crippen LogP contribution in [0.15, 0.2) is 53.1 Å². The highest BCUT2D eigenvalue weighted by Crippen LogP contribution is 2.24. The van der Waals surface area contributed by atoms with Crippen LogP contribution in [-0.4, -0.2) is 27.9 Å². The molecule has 3 rings (SSSR count). The van der Waals surface area contributed by atoms with Crippen molar-refractivity contribution in [2.75, 3.05) is 6.61 Å². The van der Waals surface area contributed by atoms with E-state index in [1.165, 1.54) is 12.1 Å². The molecule has 0 aliphatic rings. The molecule has 7 nitrogen and oxygen atoms in total. The smallest absolute Gasteiger partial charge is 0.258 e. The lowest BCUT2D eigenvalue weighted by atomic mass is 10.1. The third-order valence-corrected chi connectivity index (χ3v) is 4.32. The van der Waals surface area contributed by atoms with Crippen LogP contribution in [0.1, 0.15) is 32.1 Å². The fraction of sp³-hybridized carbons (Fsp3) is 0.286. The number of carbonyl (C=O) groups excluding carboxylic acids is 1. The third kappa shape index (κ3) is 6.11. The first-order valence-electron chi connectivity index (χ1n) is 9.41. The summed E-state index contributed by atoms with van der Waals surface area (Å²) in [6.07, 6.45) is 3.81. The molecule has 0 aliphatic carbocycles. The number of nitrogens with one attached hydrogen (secondary N) is 1. The minimum Gasteiger partial charge on any atom is -0.494 e. The maximum Gasteiger partial charge on any atom is 0.258 e. The number of ether oxygens (including phenoxy) is 1. The number of unbranched alkanes of at least 4 members (excludes halogenated alkanes) is 3. The summed E-state index contributed by atoms with van der Waals surface area (Å²) in [5.41, 5.74) is 3.07. The molecule has 0 saturated carbocycles. The van der Waals surface area contributed by atoms with Gasteiger partial charge in [-0.15, -0.1) is 0 Å². The van der Waals surface area contributed by atoms with Gasteiger partial charge in [0.25, 0.3) is 5.89 Å². The molecule has 2 N–H and O–H groups in total. The van der Waals surface area contributed by atoms with Crippen LogP contribution in [0.25, 0.3) is 22.8 Å². The molecule has 29 heavy (non-hydrogen) atoms. The number of benzene rings is 2. The first kappa shape index (κ1) is 20.5. The molecule has 152 valence electrons. The van der Waals surface area contributed by atoms with Crippen LogP contribution in [-0.2, 0) is 4.79 Å². The van der Waals surface area contributed by atoms with E-state index >= 15 is 0 Å². The Kier molecular flexibility index (Phi) is 7.29. The third-order valence-electron chi connectivity index (χ3n) is 4.32. The number of hydroxylamine groups is 1. The Morgan fingerprint density at radius 2 is 1.69 bits per heavy atom. The number of halogens is 1. The predicted molar refractivity (Wildman–Crippen MR) is 104 cm³/mol. The first-order chi connectivity index (χ1) is 14.2. The van der Waals surface area contributed by atoms with Gasteiger partial charge < -0.3 is 9.26 Å². The monoisotopic (exact) mass is 399 g/mol. The maximum atomic E-state index is 13.0. The molecule has 0 aliphatic heterocycles. The second kappa shape index (κ2) is 10.3. The molecule has 1 amide bonds. The zero-order valence-corrected chi connectivity index (χ0v) is 15.8. The lowest BCUT2D eigenvalue weighted by Gasteiger charge is -2.06. The maximum absolute atomic E-state index is 13.0. The number of carbonyl (C=O) groups is 1. The highest BCUT2D eigenvalue weighted by atomic mass is 19.1. The van der Waals surface area contributed by atoms with Crippen LogP contribution in [0, 0.1) is 5.82 Å². The van der Waals surface area contributed by atoms with Crippen LogP contribution in [0.2, 0.25) is 0 Å². The number of aromatic nitrogens is 2. The Labute approximate surface area is 167 Å². The minimum absolute atomic E-state index is 0.317. The molecular formula is C21H22FN3O4. The van der Waals surface area contributed by atoms with Gasteiger partial charge in [-0.05, 0) is 61.4 Å². The van der Waals surface area contributed by atoms with Gasteiger partial charge in [0.05, 0.1) is 6.61 Å². The number of nitrogens with zero attached hydrogens (tertiary/aromatic N) is 2. The molecule has 1 heterocycles. The first-order valence-corrected chi connectivity index (χ1v) is 9.41. The van der Waals surface area contributed by atoms with E-state index in [0.29, 0.717) is 30.3 Å². The van der Waals surface area contributed by atoms with Gasteiger partial charge in [-0.25, -0.2) is 9.87 Å². The second-order valence-corrected chi connectivity index (χ2v) is 6.50. The van der Waals surface area contributed by atoms with E-state index in [4.69, 9.17) is 14.5 Å². The van der Waals surface area contributed by atoms with Crippen LogP contribution in [0.5, 0.6) is 5.75 Å². The Balaban J connectivity index is 1.44. The predicted octanol–water partition coefficient (Wildman–Crippen LogP) is 4.38. The highest BCUT2D eigenvalue weighted by molar-refractivity contribution is 5.74. The van der Waals surface area contributed by atoms with Crippen molar-refractivity contribution in [1.82, 2.24) is 15.6 Å². The number of hydrogen-bond donors (Lipinski definition) is 2. The molecular weight excluding hydrogens is 377 g/mol. The molecule has 8 heteroatoms. The molecule has 0 atom stereocenters. The van der Waals surface area contributed by atoms with E-state index < -0.39 is 0 Å². The Bertz CT molecular complexity index is 910. The molecule has 0 bridgehead atoms. The van der Waals surface area contributed by atoms with Crippen molar-refractivity contribution in [3.8, 4) is 28.6 Å². The highest BCUT2D eigenvalue weighted by Gasteiger charge is 2.11. The fourth-order valence-electron chi connectivity index (χ4n) is 2.74. The minimum atomic E-state index is -0.354. The Morgan fingerprint density at radius 3 is 2.41 bits per heavy atom. The van der Waals surface area contributed by atoms with Crippen molar-refractivity contribution < 1.29 is 23.7 Å². The van der Waals surface area contributed by atoms with Gasteiger partial charge in [0, 0.05) is 17.5 Å². The van der Waals surface area contributed by atoms with Gasteiger partial charge in [-0.1, -0.05) is 18.0 Å². The largest absolute Gasteiger partial charge is 0.494 e. The van der Waals surface area contributed by atoms with Crippen molar-refractivity contribution in [3.05, 3.63) is 54.3 Å². The van der Waals surface area contributed by atoms with E-state index in [1.807, 2.05) is 24.3 Å². The van der Waals surface area contributed by atoms with E-state index in [1.54, 1.807) is 17.6 Å². The average Bonchev–Trinajstić information content (AvgIpc) is 3.24. The van der Waals surface area contributed by atoms with Gasteiger partial charge in [-0.3, -0.25) is 10.0 Å². The summed E-state index contributed by atoms with van der Waals surface area (Å²) in [4.78, 5) is 15.2. The molecule has 0 fully saturated rings. The summed E-state index contributed by atoms with van der Waals surface area (Å²) in [6.45, 7) is 0.584. The Hall–Kier alpha value is -3.26. The standard InChI is InChI=1S/C21H22FN3O4/c22-17-10-6-15(7-11-17)20-23-21(29-25-20)16-8-12-18(13-9-16)28-14-4-2-1-3-5-19(26)24-27/h6-13,27H,1-5,14H2,(H,24,26). The lowest BCUT2D eigenvalue weighted by Crippen LogP contribution is -2.17. The van der Waals surface area contributed by atoms with E-state index in [-0.39, 0.29) is 11.7 Å². The Morgan fingerprint density at radius 1 is 1.00 bits per heavy atom. The lowest BCUT2D eigenvalue weighted by molar-refractivity contribution is -0.129. The molecule has 1 aromatic heterocycles. The van der Waals surface area contributed by atoms with Gasteiger partial charge in [0.15, 0.2) is 0 Å². The summed E-state index contributed by atoms with van der Waals surface area (Å²) < 4.78 is 24.0. The number of amides is 1. The van der Waals surface area contributed by atoms with Gasteiger partial charge in [0.2, 0.25) is 11.7 Å². The second-order valence-electron chi connectivity index (χ2n) is 6.50. The topological polar surface area (TPSA) is 97.5 Å². The molecule has 0 spiro atoms. The quantitative estimate of drug-likeness (QED) is 0.298. The molecule has 3 aromatic rings. The summed E-state index contributed by atoms with van der Waals surface area (Å²) in [7, 11) is 0. The summed E-state index contributed by atoms with van der Waals surface area (Å²) >= 11 is 0. The van der Waals surface area contributed by atoms with Crippen LogP contribution in [0.3, 0.4) is 0 Å². The fourth-order valence-corrected chi connectivity index (χ4v) is 2.74. The molecule has 0 radical (unpaired) electrons. The van der Waals surface area contributed by atoms with Crippen LogP contribution >= 0.6 is 0 Å². The molecule has 2 aromatic carbocycles. The molecule has 0 saturated heterocycles. The van der Waals surface area contributed by atoms with Crippen LogP contribution in [0.4, 0.5) is 4.39 Å². The molecule has 0 unspecified atom stereocenters. The zero-order valence-electron chi connectivity index (χ0n) is 15.8. The summed E-state index contributed by atoms with van der Waals surface area (Å²) in [5, 5.41) is 12.3. The van der Waals surface area contributed by atoms with Crippen molar-refractivity contribution in [3.63, 3.8) is 0 Å². The SMILES string of the molecule is O=C(CCCCCCOc1ccc(-c2nc(-c3ccc(F)cc3)no2)cc1)NO. The summed E-state index contributed by atoms with van der Waals surface area (Å²) in [5.74, 6) is 0.848. The van der Waals surface area contributed by atoms with Crippen LogP contribution < -0.4 is 10.2 Å². The normalized spacial score (nSPS) is 10.7. The van der Waals surface area contributed by atoms with Gasteiger partial charge in [0.1, 0.15) is 11.6 Å². The van der Waals surface area contributed by atoms with E-state index in [0.717, 1.165) is 37.0 Å². The summed E-state index contributed by atoms with van der Waals surface area (Å²) in [6, 6.07) is 13.2. The van der Waals surface area contributed by atoms with Gasteiger partial charge in [-0.2, -0.15) is 4.98 Å². The average molecular weight is 399 g/mol. The zero-order chi connectivity index (χ0) is 20.5. The van der Waals surface area contributed by atoms with E-state index in [9.17, 15) is 9.18 Å². The van der Waals surface area contributed by atoms with Crippen molar-refractivity contribution in [2.24, 2.45) is 0 Å². The van der Waals surface area contributed by atoms with Crippen molar-refractivity contribution >= 4 is 5.91 Å². The number of rotatable bonds is 10. The van der Waals surface area contributed by atoms with Crippen molar-refractivity contribution in [1.29, 1.82) is 0 Å². The van der Waals surface area contributed by atoms with Gasteiger partial charge >= 0.3 is 0 Å².